The second kappa shape index (κ2) is 4.18. The molecule has 0 aliphatic heterocycles. The highest BCUT2D eigenvalue weighted by atomic mass is 35.5. The highest BCUT2D eigenvalue weighted by molar-refractivity contribution is 6.32. The number of aryl methyl sites for hydroxylation is 1. The van der Waals surface area contributed by atoms with E-state index in [4.69, 9.17) is 23.3 Å². The minimum atomic E-state index is -0.731. The van der Waals surface area contributed by atoms with E-state index in [9.17, 15) is 4.79 Å². The summed E-state index contributed by atoms with van der Waals surface area (Å²) in [4.78, 5) is 18.7. The number of carbonyl (C=O) groups excluding carboxylic acids is 1. The van der Waals surface area contributed by atoms with Gasteiger partial charge < -0.3 is 0 Å². The van der Waals surface area contributed by atoms with E-state index in [1.165, 1.54) is 6.20 Å². The molecule has 8 heteroatoms. The van der Waals surface area contributed by atoms with Crippen molar-refractivity contribution in [2.24, 2.45) is 11.7 Å². The van der Waals surface area contributed by atoms with Crippen LogP contribution in [0.3, 0.4) is 0 Å². The SMILES string of the molecule is Cc1cnc(N(N)C(=O)NN)c(Cl)n1. The van der Waals surface area contributed by atoms with Crippen LogP contribution in [0.15, 0.2) is 6.20 Å². The fourth-order valence-corrected chi connectivity index (χ4v) is 1.04. The zero-order valence-electron chi connectivity index (χ0n) is 7.36. The van der Waals surface area contributed by atoms with Crippen molar-refractivity contribution < 1.29 is 4.79 Å². The first-order valence-electron chi connectivity index (χ1n) is 3.60. The first-order valence-corrected chi connectivity index (χ1v) is 3.98. The molecule has 0 aliphatic carbocycles. The Hall–Kier alpha value is -1.44. The molecular formula is C6H9ClN6O. The number of halogens is 1. The number of hydrogen-bond donors (Lipinski definition) is 3. The number of rotatable bonds is 1. The van der Waals surface area contributed by atoms with Crippen LogP contribution in [-0.2, 0) is 0 Å². The Kier molecular flexibility index (Phi) is 3.18. The van der Waals surface area contributed by atoms with E-state index < -0.39 is 6.03 Å². The second-order valence-electron chi connectivity index (χ2n) is 2.45. The number of anilines is 1. The number of nitrogens with zero attached hydrogens (tertiary/aromatic N) is 3. The van der Waals surface area contributed by atoms with Gasteiger partial charge in [-0.05, 0) is 6.92 Å². The van der Waals surface area contributed by atoms with Gasteiger partial charge in [-0.25, -0.2) is 31.5 Å². The summed E-state index contributed by atoms with van der Waals surface area (Å²) in [5.41, 5.74) is 2.47. The smallest absolute Gasteiger partial charge is 0.274 e. The number of hydrazine groups is 2. The van der Waals surface area contributed by atoms with Crippen molar-refractivity contribution in [3.8, 4) is 0 Å². The molecule has 0 fully saturated rings. The molecule has 0 aromatic carbocycles. The first-order chi connectivity index (χ1) is 6.56. The summed E-state index contributed by atoms with van der Waals surface area (Å²) in [6.07, 6.45) is 1.44. The van der Waals surface area contributed by atoms with Crippen LogP contribution in [-0.4, -0.2) is 16.0 Å². The van der Waals surface area contributed by atoms with Crippen molar-refractivity contribution in [2.75, 3.05) is 5.01 Å². The Morgan fingerprint density at radius 2 is 2.36 bits per heavy atom. The third-order valence-electron chi connectivity index (χ3n) is 1.40. The molecule has 76 valence electrons. The van der Waals surface area contributed by atoms with Gasteiger partial charge in [0.25, 0.3) is 0 Å². The lowest BCUT2D eigenvalue weighted by Gasteiger charge is -2.14. The van der Waals surface area contributed by atoms with Gasteiger partial charge in [0, 0.05) is 0 Å². The van der Waals surface area contributed by atoms with Crippen LogP contribution in [0, 0.1) is 6.92 Å². The zero-order chi connectivity index (χ0) is 10.7. The molecule has 2 amide bonds. The van der Waals surface area contributed by atoms with Gasteiger partial charge in [-0.1, -0.05) is 11.6 Å². The van der Waals surface area contributed by atoms with Crippen molar-refractivity contribution in [3.63, 3.8) is 0 Å². The fourth-order valence-electron chi connectivity index (χ4n) is 0.769. The van der Waals surface area contributed by atoms with E-state index in [1.54, 1.807) is 6.92 Å². The van der Waals surface area contributed by atoms with Gasteiger partial charge in [-0.3, -0.25) is 5.43 Å². The molecule has 0 unspecified atom stereocenters. The predicted octanol–water partition coefficient (Wildman–Crippen LogP) is -0.298. The summed E-state index contributed by atoms with van der Waals surface area (Å²) in [7, 11) is 0. The van der Waals surface area contributed by atoms with Gasteiger partial charge >= 0.3 is 6.03 Å². The van der Waals surface area contributed by atoms with E-state index in [1.807, 2.05) is 5.43 Å². The quantitative estimate of drug-likeness (QED) is 0.339. The van der Waals surface area contributed by atoms with Gasteiger partial charge in [0.1, 0.15) is 0 Å². The van der Waals surface area contributed by atoms with E-state index in [2.05, 4.69) is 9.97 Å². The topological polar surface area (TPSA) is 110 Å². The first kappa shape index (κ1) is 10.6. The fraction of sp³-hybridized carbons (Fsp3) is 0.167. The standard InChI is InChI=1S/C6H9ClN6O/c1-3-2-10-5(4(7)11-3)13(9)6(14)12-8/h2H,8-9H2,1H3,(H,12,14). The highest BCUT2D eigenvalue weighted by Crippen LogP contribution is 2.18. The molecule has 1 rings (SSSR count). The van der Waals surface area contributed by atoms with Crippen molar-refractivity contribution in [1.82, 2.24) is 15.4 Å². The van der Waals surface area contributed by atoms with Crippen LogP contribution in [0.4, 0.5) is 10.6 Å². The Morgan fingerprint density at radius 1 is 1.71 bits per heavy atom. The Balaban J connectivity index is 3.01. The van der Waals surface area contributed by atoms with Gasteiger partial charge in [0.05, 0.1) is 11.9 Å². The Labute approximate surface area is 85.0 Å². The van der Waals surface area contributed by atoms with Gasteiger partial charge in [-0.2, -0.15) is 0 Å². The number of hydrogen-bond acceptors (Lipinski definition) is 5. The number of amides is 2. The lowest BCUT2D eigenvalue weighted by atomic mass is 10.5. The number of urea groups is 1. The molecule has 14 heavy (non-hydrogen) atoms. The molecule has 0 atom stereocenters. The molecule has 1 aromatic rings. The average molecular weight is 217 g/mol. The maximum atomic E-state index is 11.0. The summed E-state index contributed by atoms with van der Waals surface area (Å²) in [5.74, 6) is 10.3. The maximum absolute atomic E-state index is 11.0. The van der Waals surface area contributed by atoms with E-state index >= 15 is 0 Å². The average Bonchev–Trinajstić information content (AvgIpc) is 2.15. The number of aromatic nitrogens is 2. The van der Waals surface area contributed by atoms with Crippen molar-refractivity contribution in [3.05, 3.63) is 17.0 Å². The third-order valence-corrected chi connectivity index (χ3v) is 1.66. The van der Waals surface area contributed by atoms with Crippen molar-refractivity contribution in [1.29, 1.82) is 0 Å². The summed E-state index contributed by atoms with van der Waals surface area (Å²) in [6, 6.07) is -0.731. The Morgan fingerprint density at radius 3 is 2.86 bits per heavy atom. The van der Waals surface area contributed by atoms with Crippen LogP contribution < -0.4 is 22.1 Å². The summed E-state index contributed by atoms with van der Waals surface area (Å²) < 4.78 is 0. The Bertz CT molecular complexity index is 356. The predicted molar refractivity (Wildman–Crippen MR) is 51.2 cm³/mol. The molecule has 0 saturated carbocycles. The van der Waals surface area contributed by atoms with Crippen LogP contribution in [0.2, 0.25) is 5.15 Å². The number of carbonyl (C=O) groups is 1. The molecule has 0 aliphatic rings. The van der Waals surface area contributed by atoms with Crippen LogP contribution >= 0.6 is 11.6 Å². The van der Waals surface area contributed by atoms with Crippen LogP contribution in [0.25, 0.3) is 0 Å². The lowest BCUT2D eigenvalue weighted by Crippen LogP contribution is -2.48. The van der Waals surface area contributed by atoms with Gasteiger partial charge in [-0.15, -0.1) is 0 Å². The molecule has 1 aromatic heterocycles. The summed E-state index contributed by atoms with van der Waals surface area (Å²) >= 11 is 5.71. The molecule has 7 nitrogen and oxygen atoms in total. The van der Waals surface area contributed by atoms with Crippen molar-refractivity contribution >= 4 is 23.4 Å². The molecule has 1 heterocycles. The molecule has 5 N–H and O–H groups in total. The van der Waals surface area contributed by atoms with Crippen molar-refractivity contribution in [2.45, 2.75) is 6.92 Å². The summed E-state index contributed by atoms with van der Waals surface area (Å²) in [6.45, 7) is 1.71. The van der Waals surface area contributed by atoms with Crippen LogP contribution in [0.1, 0.15) is 5.69 Å². The molecule has 0 spiro atoms. The number of nitrogens with one attached hydrogen (secondary N) is 1. The van der Waals surface area contributed by atoms with E-state index in [0.717, 1.165) is 0 Å². The lowest BCUT2D eigenvalue weighted by molar-refractivity contribution is 0.246. The third kappa shape index (κ3) is 2.08. The van der Waals surface area contributed by atoms with E-state index in [0.29, 0.717) is 10.7 Å². The van der Waals surface area contributed by atoms with Gasteiger partial charge in [0.2, 0.25) is 0 Å². The number of nitrogens with two attached hydrogens (primary N) is 2. The monoisotopic (exact) mass is 216 g/mol. The van der Waals surface area contributed by atoms with Gasteiger partial charge in [0.15, 0.2) is 11.0 Å². The zero-order valence-corrected chi connectivity index (χ0v) is 8.12. The second-order valence-corrected chi connectivity index (χ2v) is 2.80. The molecule has 0 bridgehead atoms. The largest absolute Gasteiger partial charge is 0.351 e. The maximum Gasteiger partial charge on any atom is 0.351 e. The minimum absolute atomic E-state index is 0.0381. The minimum Gasteiger partial charge on any atom is -0.274 e. The highest BCUT2D eigenvalue weighted by Gasteiger charge is 2.15. The summed E-state index contributed by atoms with van der Waals surface area (Å²) in [5, 5.41) is 0.713. The molecule has 0 saturated heterocycles. The van der Waals surface area contributed by atoms with Crippen LogP contribution in [0.5, 0.6) is 0 Å². The molecular weight excluding hydrogens is 208 g/mol. The normalized spacial score (nSPS) is 9.71. The van der Waals surface area contributed by atoms with E-state index in [-0.39, 0.29) is 11.0 Å². The molecule has 0 radical (unpaired) electrons.